The van der Waals surface area contributed by atoms with Crippen LogP contribution in [0, 0.1) is 5.92 Å². The molecule has 1 unspecified atom stereocenters. The summed E-state index contributed by atoms with van der Waals surface area (Å²) in [7, 11) is -3.62. The molecule has 8 heteroatoms. The quantitative estimate of drug-likeness (QED) is 0.524. The molecular weight excluding hydrogens is 248 g/mol. The normalized spacial score (nSPS) is 22.2. The van der Waals surface area contributed by atoms with Crippen molar-refractivity contribution in [3.63, 3.8) is 0 Å². The number of nitrogens with zero attached hydrogens (tertiary/aromatic N) is 1. The highest BCUT2D eigenvalue weighted by atomic mass is 32.2. The van der Waals surface area contributed by atoms with E-state index < -0.39 is 15.6 Å². The largest absolute Gasteiger partial charge is 0.394 e. The summed E-state index contributed by atoms with van der Waals surface area (Å²) in [5.41, 5.74) is -1.05. The molecule has 0 saturated carbocycles. The number of aliphatic hydroxyl groups excluding tert-OH is 2. The number of likely N-dealkylation sites (tertiary alicyclic amines) is 1. The molecule has 100 valence electrons. The second-order valence-corrected chi connectivity index (χ2v) is 6.38. The lowest BCUT2D eigenvalue weighted by atomic mass is 10.0. The van der Waals surface area contributed by atoms with Crippen molar-refractivity contribution in [2.24, 2.45) is 11.1 Å². The van der Waals surface area contributed by atoms with Crippen LogP contribution in [-0.4, -0.2) is 60.5 Å². The van der Waals surface area contributed by atoms with E-state index in [2.05, 4.69) is 0 Å². The van der Waals surface area contributed by atoms with Crippen molar-refractivity contribution in [1.82, 2.24) is 4.90 Å². The molecule has 1 heterocycles. The van der Waals surface area contributed by atoms with Gasteiger partial charge in [-0.1, -0.05) is 0 Å². The van der Waals surface area contributed by atoms with Crippen molar-refractivity contribution < 1.29 is 23.4 Å². The van der Waals surface area contributed by atoms with Crippen molar-refractivity contribution in [2.75, 3.05) is 25.5 Å². The Kier molecular flexibility index (Phi) is 4.13. The third-order valence-corrected chi connectivity index (χ3v) is 3.94. The number of amides is 1. The molecule has 0 aromatic heterocycles. The average Bonchev–Trinajstić information content (AvgIpc) is 2.56. The molecule has 1 saturated heterocycles. The monoisotopic (exact) mass is 266 g/mol. The van der Waals surface area contributed by atoms with Crippen LogP contribution in [0.5, 0.6) is 0 Å². The van der Waals surface area contributed by atoms with Crippen LogP contribution in [0.3, 0.4) is 0 Å². The number of carbonyl (C=O) groups excluding carboxylic acids is 1. The molecule has 1 fully saturated rings. The first-order chi connectivity index (χ1) is 7.72. The Balaban J connectivity index is 2.77. The number of primary sulfonamides is 1. The molecule has 0 spiro atoms. The fraction of sp³-hybridized carbons (Fsp3) is 0.889. The standard InChI is InChI=1S/C9H18N2O5S/c1-9(5-12,6-13)11-3-7(2-8(11)14)4-17(10,15)16/h7,12-13H,2-6H2,1H3,(H2,10,15,16). The zero-order valence-corrected chi connectivity index (χ0v) is 10.5. The van der Waals surface area contributed by atoms with E-state index in [0.717, 1.165) is 0 Å². The summed E-state index contributed by atoms with van der Waals surface area (Å²) >= 11 is 0. The van der Waals surface area contributed by atoms with Gasteiger partial charge in [-0.2, -0.15) is 0 Å². The first-order valence-electron chi connectivity index (χ1n) is 5.24. The fourth-order valence-electron chi connectivity index (χ4n) is 1.96. The van der Waals surface area contributed by atoms with Gasteiger partial charge in [0.05, 0.1) is 24.5 Å². The molecular formula is C9H18N2O5S. The molecule has 17 heavy (non-hydrogen) atoms. The Labute approximate surface area is 100 Å². The molecule has 1 atom stereocenters. The summed E-state index contributed by atoms with van der Waals surface area (Å²) in [6, 6.07) is 0. The molecule has 7 nitrogen and oxygen atoms in total. The maximum absolute atomic E-state index is 11.7. The second kappa shape index (κ2) is 4.89. The van der Waals surface area contributed by atoms with E-state index in [9.17, 15) is 23.4 Å². The molecule has 0 bridgehead atoms. The minimum absolute atomic E-state index is 0.0754. The van der Waals surface area contributed by atoms with Gasteiger partial charge in [0, 0.05) is 18.9 Å². The Morgan fingerprint density at radius 3 is 2.41 bits per heavy atom. The van der Waals surface area contributed by atoms with Crippen molar-refractivity contribution in [3.05, 3.63) is 0 Å². The van der Waals surface area contributed by atoms with Gasteiger partial charge in [-0.05, 0) is 6.92 Å². The van der Waals surface area contributed by atoms with Crippen molar-refractivity contribution in [2.45, 2.75) is 18.9 Å². The summed E-state index contributed by atoms with van der Waals surface area (Å²) in [5.74, 6) is -0.915. The van der Waals surface area contributed by atoms with Crippen molar-refractivity contribution >= 4 is 15.9 Å². The Morgan fingerprint density at radius 2 is 2.00 bits per heavy atom. The minimum Gasteiger partial charge on any atom is -0.394 e. The lowest BCUT2D eigenvalue weighted by Gasteiger charge is -2.35. The Morgan fingerprint density at radius 1 is 1.47 bits per heavy atom. The van der Waals surface area contributed by atoms with Gasteiger partial charge < -0.3 is 15.1 Å². The van der Waals surface area contributed by atoms with E-state index in [-0.39, 0.29) is 43.8 Å². The van der Waals surface area contributed by atoms with Crippen LogP contribution in [0.2, 0.25) is 0 Å². The predicted molar refractivity (Wildman–Crippen MR) is 60.4 cm³/mol. The Bertz CT molecular complexity index is 390. The van der Waals surface area contributed by atoms with Crippen LogP contribution in [0.4, 0.5) is 0 Å². The summed E-state index contributed by atoms with van der Waals surface area (Å²) in [5, 5.41) is 23.3. The van der Waals surface area contributed by atoms with Crippen molar-refractivity contribution in [1.29, 1.82) is 0 Å². The summed E-state index contributed by atoms with van der Waals surface area (Å²) in [4.78, 5) is 13.0. The van der Waals surface area contributed by atoms with Gasteiger partial charge in [-0.25, -0.2) is 13.6 Å². The van der Waals surface area contributed by atoms with Crippen LogP contribution in [-0.2, 0) is 14.8 Å². The maximum atomic E-state index is 11.7. The van der Waals surface area contributed by atoms with Gasteiger partial charge >= 0.3 is 0 Å². The zero-order chi connectivity index (χ0) is 13.3. The van der Waals surface area contributed by atoms with E-state index in [1.165, 1.54) is 4.90 Å². The fourth-order valence-corrected chi connectivity index (χ4v) is 2.84. The molecule has 1 amide bonds. The third kappa shape index (κ3) is 3.38. The summed E-state index contributed by atoms with van der Waals surface area (Å²) in [6.07, 6.45) is 0.0754. The second-order valence-electron chi connectivity index (χ2n) is 4.72. The topological polar surface area (TPSA) is 121 Å². The first-order valence-corrected chi connectivity index (χ1v) is 6.96. The van der Waals surface area contributed by atoms with Gasteiger partial charge in [-0.15, -0.1) is 0 Å². The lowest BCUT2D eigenvalue weighted by molar-refractivity contribution is -0.136. The third-order valence-electron chi connectivity index (χ3n) is 3.01. The molecule has 1 aliphatic heterocycles. The predicted octanol–water partition coefficient (Wildman–Crippen LogP) is -2.13. The number of carbonyl (C=O) groups is 1. The SMILES string of the molecule is CC(CO)(CO)N1CC(CS(N)(=O)=O)CC1=O. The van der Waals surface area contributed by atoms with Crippen molar-refractivity contribution in [3.8, 4) is 0 Å². The average molecular weight is 266 g/mol. The number of hydrogen-bond donors (Lipinski definition) is 3. The number of rotatable bonds is 5. The molecule has 0 aromatic carbocycles. The molecule has 0 aromatic rings. The van der Waals surface area contributed by atoms with Gasteiger partial charge in [0.25, 0.3) is 0 Å². The minimum atomic E-state index is -3.62. The van der Waals surface area contributed by atoms with Gasteiger partial charge in [0.15, 0.2) is 0 Å². The van der Waals surface area contributed by atoms with E-state index in [0.29, 0.717) is 0 Å². The lowest BCUT2D eigenvalue weighted by Crippen LogP contribution is -2.53. The molecule has 1 aliphatic rings. The number of hydrogen-bond acceptors (Lipinski definition) is 5. The molecule has 4 N–H and O–H groups in total. The smallest absolute Gasteiger partial charge is 0.223 e. The van der Waals surface area contributed by atoms with Crippen LogP contribution in [0.1, 0.15) is 13.3 Å². The molecule has 0 radical (unpaired) electrons. The first kappa shape index (κ1) is 14.4. The number of nitrogens with two attached hydrogens (primary N) is 1. The zero-order valence-electron chi connectivity index (χ0n) is 9.66. The maximum Gasteiger partial charge on any atom is 0.223 e. The highest BCUT2D eigenvalue weighted by Crippen LogP contribution is 2.26. The van der Waals surface area contributed by atoms with Gasteiger partial charge in [0.2, 0.25) is 15.9 Å². The number of aliphatic hydroxyl groups is 2. The molecule has 0 aliphatic carbocycles. The highest BCUT2D eigenvalue weighted by molar-refractivity contribution is 7.89. The van der Waals surface area contributed by atoms with Crippen LogP contribution >= 0.6 is 0 Å². The van der Waals surface area contributed by atoms with E-state index in [4.69, 9.17) is 5.14 Å². The number of sulfonamides is 1. The highest BCUT2D eigenvalue weighted by Gasteiger charge is 2.41. The van der Waals surface area contributed by atoms with E-state index in [1.807, 2.05) is 0 Å². The van der Waals surface area contributed by atoms with E-state index >= 15 is 0 Å². The van der Waals surface area contributed by atoms with Crippen LogP contribution in [0.25, 0.3) is 0 Å². The summed E-state index contributed by atoms with van der Waals surface area (Å²) in [6.45, 7) is 0.978. The summed E-state index contributed by atoms with van der Waals surface area (Å²) < 4.78 is 21.9. The van der Waals surface area contributed by atoms with Crippen LogP contribution in [0.15, 0.2) is 0 Å². The van der Waals surface area contributed by atoms with Gasteiger partial charge in [-0.3, -0.25) is 4.79 Å². The van der Waals surface area contributed by atoms with E-state index in [1.54, 1.807) is 6.92 Å². The molecule has 1 rings (SSSR count). The van der Waals surface area contributed by atoms with Crippen LogP contribution < -0.4 is 5.14 Å². The van der Waals surface area contributed by atoms with Gasteiger partial charge in [0.1, 0.15) is 0 Å². The Hall–Kier alpha value is -0.700.